The summed E-state index contributed by atoms with van der Waals surface area (Å²) in [6, 6.07) is 5.59. The molecular formula is C13H17N5O. The molecule has 3 rings (SSSR count). The first-order valence-corrected chi connectivity index (χ1v) is 6.65. The number of likely N-dealkylation sites (tertiary alicyclic amines) is 1. The molecule has 0 saturated carbocycles. The molecule has 0 atom stereocenters. The second-order valence-corrected chi connectivity index (χ2v) is 4.79. The highest BCUT2D eigenvalue weighted by Crippen LogP contribution is 2.28. The van der Waals surface area contributed by atoms with Gasteiger partial charge in [-0.2, -0.15) is 0 Å². The molecule has 0 spiro atoms. The van der Waals surface area contributed by atoms with Crippen molar-refractivity contribution in [2.24, 2.45) is 5.18 Å². The van der Waals surface area contributed by atoms with E-state index >= 15 is 0 Å². The molecule has 1 fully saturated rings. The lowest BCUT2D eigenvalue weighted by atomic mass is 10.3. The minimum Gasteiger partial charge on any atom is -0.365 e. The predicted molar refractivity (Wildman–Crippen MR) is 74.8 cm³/mol. The van der Waals surface area contributed by atoms with Crippen LogP contribution in [-0.2, 0) is 0 Å². The van der Waals surface area contributed by atoms with Crippen LogP contribution in [0.15, 0.2) is 29.6 Å². The molecule has 0 bridgehead atoms. The van der Waals surface area contributed by atoms with Crippen LogP contribution in [0.2, 0.25) is 0 Å². The van der Waals surface area contributed by atoms with Crippen LogP contribution in [0.4, 0.5) is 11.5 Å². The van der Waals surface area contributed by atoms with Gasteiger partial charge in [0.05, 0.1) is 5.52 Å². The molecule has 0 aliphatic carbocycles. The summed E-state index contributed by atoms with van der Waals surface area (Å²) in [5.74, 6) is 0.570. The van der Waals surface area contributed by atoms with Gasteiger partial charge in [-0.1, -0.05) is 6.07 Å². The van der Waals surface area contributed by atoms with Crippen molar-refractivity contribution < 1.29 is 0 Å². The SMILES string of the molecule is O=Nc1c(NCCN2CCCC2)nn2ccccc12. The molecule has 2 aromatic heterocycles. The van der Waals surface area contributed by atoms with Gasteiger partial charge in [-0.15, -0.1) is 10.0 Å². The Kier molecular flexibility index (Phi) is 3.41. The Morgan fingerprint density at radius 2 is 2.16 bits per heavy atom. The zero-order valence-corrected chi connectivity index (χ0v) is 10.7. The number of fused-ring (bicyclic) bond motifs is 1. The Morgan fingerprint density at radius 3 is 2.95 bits per heavy atom. The van der Waals surface area contributed by atoms with Crippen molar-refractivity contribution >= 4 is 17.0 Å². The maximum absolute atomic E-state index is 11.0. The molecule has 19 heavy (non-hydrogen) atoms. The fourth-order valence-electron chi connectivity index (χ4n) is 2.53. The average molecular weight is 259 g/mol. The number of hydrogen-bond donors (Lipinski definition) is 1. The van der Waals surface area contributed by atoms with Crippen molar-refractivity contribution in [3.8, 4) is 0 Å². The molecule has 0 amide bonds. The molecule has 0 aromatic carbocycles. The third-order valence-electron chi connectivity index (χ3n) is 3.52. The number of rotatable bonds is 5. The van der Waals surface area contributed by atoms with Crippen LogP contribution in [0.3, 0.4) is 0 Å². The summed E-state index contributed by atoms with van der Waals surface area (Å²) in [7, 11) is 0. The van der Waals surface area contributed by atoms with E-state index in [1.54, 1.807) is 4.52 Å². The van der Waals surface area contributed by atoms with E-state index in [9.17, 15) is 4.91 Å². The maximum atomic E-state index is 11.0. The van der Waals surface area contributed by atoms with Gasteiger partial charge < -0.3 is 10.2 Å². The molecule has 1 saturated heterocycles. The van der Waals surface area contributed by atoms with Crippen molar-refractivity contribution in [3.63, 3.8) is 0 Å². The van der Waals surface area contributed by atoms with Gasteiger partial charge in [0.2, 0.25) is 0 Å². The third kappa shape index (κ3) is 2.44. The van der Waals surface area contributed by atoms with Crippen LogP contribution >= 0.6 is 0 Å². The summed E-state index contributed by atoms with van der Waals surface area (Å²) < 4.78 is 1.68. The molecule has 6 nitrogen and oxygen atoms in total. The fraction of sp³-hybridized carbons (Fsp3) is 0.462. The van der Waals surface area contributed by atoms with Crippen molar-refractivity contribution in [1.82, 2.24) is 14.5 Å². The van der Waals surface area contributed by atoms with Gasteiger partial charge in [-0.05, 0) is 43.2 Å². The number of aromatic nitrogens is 2. The van der Waals surface area contributed by atoms with Crippen LogP contribution in [-0.4, -0.2) is 40.7 Å². The summed E-state index contributed by atoms with van der Waals surface area (Å²) in [6.45, 7) is 4.11. The minimum atomic E-state index is 0.391. The Bertz CT molecular complexity index is 573. The van der Waals surface area contributed by atoms with Crippen molar-refractivity contribution in [1.29, 1.82) is 0 Å². The van der Waals surface area contributed by atoms with Crippen LogP contribution in [0, 0.1) is 4.91 Å². The lowest BCUT2D eigenvalue weighted by Gasteiger charge is -2.14. The lowest BCUT2D eigenvalue weighted by Crippen LogP contribution is -2.26. The number of hydrogen-bond acceptors (Lipinski definition) is 5. The first kappa shape index (κ1) is 12.1. The second-order valence-electron chi connectivity index (χ2n) is 4.79. The molecule has 1 aliphatic rings. The smallest absolute Gasteiger partial charge is 0.178 e. The normalized spacial score (nSPS) is 16.0. The number of nitroso groups, excluding NO2 is 1. The zero-order valence-electron chi connectivity index (χ0n) is 10.7. The Labute approximate surface area is 111 Å². The van der Waals surface area contributed by atoms with E-state index in [-0.39, 0.29) is 0 Å². The van der Waals surface area contributed by atoms with Gasteiger partial charge in [0.15, 0.2) is 11.5 Å². The summed E-state index contributed by atoms with van der Waals surface area (Å²) in [5.41, 5.74) is 1.13. The maximum Gasteiger partial charge on any atom is 0.178 e. The fourth-order valence-corrected chi connectivity index (χ4v) is 2.53. The zero-order chi connectivity index (χ0) is 13.1. The van der Waals surface area contributed by atoms with Crippen LogP contribution in [0.5, 0.6) is 0 Å². The molecule has 0 radical (unpaired) electrons. The third-order valence-corrected chi connectivity index (χ3v) is 3.52. The number of nitrogens with one attached hydrogen (secondary N) is 1. The van der Waals surface area contributed by atoms with Crippen LogP contribution < -0.4 is 5.32 Å². The number of anilines is 1. The second kappa shape index (κ2) is 5.36. The van der Waals surface area contributed by atoms with Gasteiger partial charge in [0.1, 0.15) is 0 Å². The highest BCUT2D eigenvalue weighted by molar-refractivity contribution is 5.79. The Hall–Kier alpha value is -1.95. The predicted octanol–water partition coefficient (Wildman–Crippen LogP) is 2.24. The average Bonchev–Trinajstić information content (AvgIpc) is 3.05. The Morgan fingerprint density at radius 1 is 1.32 bits per heavy atom. The summed E-state index contributed by atoms with van der Waals surface area (Å²) in [4.78, 5) is 13.4. The molecule has 100 valence electrons. The first-order valence-electron chi connectivity index (χ1n) is 6.65. The van der Waals surface area contributed by atoms with Crippen LogP contribution in [0.1, 0.15) is 12.8 Å². The quantitative estimate of drug-likeness (QED) is 0.836. The highest BCUT2D eigenvalue weighted by atomic mass is 16.3. The van der Waals surface area contributed by atoms with Gasteiger partial charge in [0.25, 0.3) is 0 Å². The largest absolute Gasteiger partial charge is 0.365 e. The van der Waals surface area contributed by atoms with Crippen LogP contribution in [0.25, 0.3) is 5.52 Å². The molecule has 3 heterocycles. The molecule has 2 aromatic rings. The van der Waals surface area contributed by atoms with Crippen molar-refractivity contribution in [2.45, 2.75) is 12.8 Å². The monoisotopic (exact) mass is 259 g/mol. The van der Waals surface area contributed by atoms with E-state index in [0.29, 0.717) is 11.5 Å². The van der Waals surface area contributed by atoms with E-state index in [0.717, 1.165) is 18.6 Å². The highest BCUT2D eigenvalue weighted by Gasteiger charge is 2.14. The van der Waals surface area contributed by atoms with Crippen molar-refractivity contribution in [3.05, 3.63) is 29.3 Å². The lowest BCUT2D eigenvalue weighted by molar-refractivity contribution is 0.352. The standard InChI is InChI=1S/C13H17N5O/c19-16-12-11-5-1-2-9-18(11)15-13(12)14-6-10-17-7-3-4-8-17/h1-2,5,9H,3-4,6-8,10H2,(H,14,15). The van der Waals surface area contributed by atoms with Gasteiger partial charge >= 0.3 is 0 Å². The summed E-state index contributed by atoms with van der Waals surface area (Å²) in [5, 5.41) is 10.7. The molecular weight excluding hydrogens is 242 g/mol. The van der Waals surface area contributed by atoms with E-state index in [1.165, 1.54) is 25.9 Å². The molecule has 0 unspecified atom stereocenters. The molecule has 6 heteroatoms. The van der Waals surface area contributed by atoms with E-state index in [2.05, 4.69) is 20.5 Å². The van der Waals surface area contributed by atoms with E-state index in [4.69, 9.17) is 0 Å². The summed E-state index contributed by atoms with van der Waals surface area (Å²) >= 11 is 0. The first-order chi connectivity index (χ1) is 9.38. The Balaban J connectivity index is 1.71. The molecule has 1 N–H and O–H groups in total. The molecule has 1 aliphatic heterocycles. The summed E-state index contributed by atoms with van der Waals surface area (Å²) in [6.07, 6.45) is 4.39. The van der Waals surface area contributed by atoms with Gasteiger partial charge in [-0.3, -0.25) is 0 Å². The van der Waals surface area contributed by atoms with E-state index < -0.39 is 0 Å². The minimum absolute atomic E-state index is 0.391. The van der Waals surface area contributed by atoms with Crippen molar-refractivity contribution in [2.75, 3.05) is 31.5 Å². The van der Waals surface area contributed by atoms with E-state index in [1.807, 2.05) is 24.4 Å². The topological polar surface area (TPSA) is 62.0 Å². The number of pyridine rings is 1. The van der Waals surface area contributed by atoms with Gasteiger partial charge in [0, 0.05) is 19.3 Å². The number of nitrogens with zero attached hydrogens (tertiary/aromatic N) is 4. The van der Waals surface area contributed by atoms with Gasteiger partial charge in [-0.25, -0.2) is 4.52 Å².